The topological polar surface area (TPSA) is 117 Å². The highest BCUT2D eigenvalue weighted by Crippen LogP contribution is 2.44. The molecule has 45 heavy (non-hydrogen) atoms. The first kappa shape index (κ1) is 30.9. The van der Waals surface area contributed by atoms with Gasteiger partial charge in [0.25, 0.3) is 11.8 Å². The van der Waals surface area contributed by atoms with Crippen LogP contribution in [-0.4, -0.2) is 94.3 Å². The summed E-state index contributed by atoms with van der Waals surface area (Å²) < 4.78 is 20.4. The number of hydrogen-bond acceptors (Lipinski definition) is 10. The van der Waals surface area contributed by atoms with Gasteiger partial charge in [-0.25, -0.2) is 14.4 Å². The van der Waals surface area contributed by atoms with Gasteiger partial charge < -0.3 is 30.1 Å². The summed E-state index contributed by atoms with van der Waals surface area (Å²) in [6.45, 7) is 13.4. The van der Waals surface area contributed by atoms with Crippen molar-refractivity contribution in [2.24, 2.45) is 11.3 Å². The highest BCUT2D eigenvalue weighted by molar-refractivity contribution is 5.97. The number of rotatable bonds is 9. The fraction of sp³-hybridized carbons (Fsp3) is 0.545. The van der Waals surface area contributed by atoms with Gasteiger partial charge in [0.1, 0.15) is 29.5 Å². The Bertz CT molecular complexity index is 1480. The number of halogens is 1. The predicted molar refractivity (Wildman–Crippen MR) is 172 cm³/mol. The summed E-state index contributed by atoms with van der Waals surface area (Å²) >= 11 is 0. The molecule has 0 unspecified atom stereocenters. The molecule has 3 aromatic rings. The zero-order valence-corrected chi connectivity index (χ0v) is 26.5. The Kier molecular flexibility index (Phi) is 9.02. The number of benzene rings is 1. The summed E-state index contributed by atoms with van der Waals surface area (Å²) in [6, 6.07) is 9.79. The second kappa shape index (κ2) is 13.1. The largest absolute Gasteiger partial charge is 0.434 e. The molecule has 3 aliphatic heterocycles. The van der Waals surface area contributed by atoms with Gasteiger partial charge >= 0.3 is 0 Å². The highest BCUT2D eigenvalue weighted by Gasteiger charge is 2.46. The molecule has 0 bridgehead atoms. The van der Waals surface area contributed by atoms with Crippen molar-refractivity contribution < 1.29 is 13.9 Å². The Morgan fingerprint density at radius 2 is 1.87 bits per heavy atom. The predicted octanol–water partition coefficient (Wildman–Crippen LogP) is 4.47. The Hall–Kier alpha value is -4.06. The van der Waals surface area contributed by atoms with Crippen molar-refractivity contribution in [1.29, 1.82) is 0 Å². The van der Waals surface area contributed by atoms with Crippen LogP contribution in [0.5, 0.6) is 11.6 Å². The number of likely N-dealkylation sites (tertiary alicyclic amines) is 1. The number of nitrogens with two attached hydrogens (primary N) is 1. The second-order valence-corrected chi connectivity index (χ2v) is 13.0. The van der Waals surface area contributed by atoms with Gasteiger partial charge in [-0.3, -0.25) is 4.79 Å². The van der Waals surface area contributed by atoms with Crippen molar-refractivity contribution in [2.75, 3.05) is 67.9 Å². The molecule has 3 saturated heterocycles. The van der Waals surface area contributed by atoms with E-state index in [9.17, 15) is 9.18 Å². The standard InChI is InChI=1S/C33H44FN9O2/c1-4-43(23(2)3)32(44)26-18-25(34)8-9-27(26)45-31-30(36-22-37-39-31)42-20-33(21-42)12-16-40(17-13-33)19-24-10-14-41(15-11-24)29-7-5-6-28(35)38-29/h5-9,18,22-24H,4,10-17,19-21H2,1-3H3,(H2,35,38). The highest BCUT2D eigenvalue weighted by atomic mass is 19.1. The van der Waals surface area contributed by atoms with E-state index in [1.54, 1.807) is 4.90 Å². The number of ether oxygens (including phenoxy) is 1. The smallest absolute Gasteiger partial charge is 0.282 e. The van der Waals surface area contributed by atoms with Crippen LogP contribution in [0.25, 0.3) is 0 Å². The fourth-order valence-corrected chi connectivity index (χ4v) is 7.07. The van der Waals surface area contributed by atoms with Crippen molar-refractivity contribution in [1.82, 2.24) is 30.0 Å². The molecule has 0 saturated carbocycles. The third-order valence-corrected chi connectivity index (χ3v) is 9.65. The van der Waals surface area contributed by atoms with E-state index in [0.29, 0.717) is 24.1 Å². The van der Waals surface area contributed by atoms with E-state index in [0.717, 1.165) is 64.5 Å². The van der Waals surface area contributed by atoms with Gasteiger partial charge in [-0.2, -0.15) is 0 Å². The van der Waals surface area contributed by atoms with Gasteiger partial charge in [0.05, 0.1) is 5.56 Å². The molecule has 11 nitrogen and oxygen atoms in total. The normalized spacial score (nSPS) is 18.7. The molecule has 3 aliphatic rings. The molecule has 0 radical (unpaired) electrons. The molecule has 2 N–H and O–H groups in total. The lowest BCUT2D eigenvalue weighted by Crippen LogP contribution is -2.61. The quantitative estimate of drug-likeness (QED) is 0.369. The monoisotopic (exact) mass is 617 g/mol. The zero-order valence-electron chi connectivity index (χ0n) is 26.5. The number of amides is 1. The first-order valence-electron chi connectivity index (χ1n) is 16.1. The van der Waals surface area contributed by atoms with Crippen LogP contribution >= 0.6 is 0 Å². The van der Waals surface area contributed by atoms with Crippen LogP contribution in [0, 0.1) is 17.2 Å². The van der Waals surface area contributed by atoms with Gasteiger partial charge in [0.2, 0.25) is 0 Å². The summed E-state index contributed by atoms with van der Waals surface area (Å²) in [4.78, 5) is 31.1. The minimum absolute atomic E-state index is 0.0402. The molecule has 5 heterocycles. The van der Waals surface area contributed by atoms with E-state index < -0.39 is 5.82 Å². The van der Waals surface area contributed by atoms with Crippen LogP contribution in [-0.2, 0) is 0 Å². The van der Waals surface area contributed by atoms with Crippen LogP contribution in [0.15, 0.2) is 42.7 Å². The number of nitrogens with zero attached hydrogens (tertiary/aromatic N) is 8. The molecule has 2 aromatic heterocycles. The number of aromatic nitrogens is 4. The summed E-state index contributed by atoms with van der Waals surface area (Å²) in [6.07, 6.45) is 6.04. The molecule has 3 fully saturated rings. The number of nitrogen functional groups attached to an aromatic ring is 1. The first-order chi connectivity index (χ1) is 21.7. The first-order valence-corrected chi connectivity index (χ1v) is 16.1. The molecule has 1 amide bonds. The zero-order chi connectivity index (χ0) is 31.6. The molecular weight excluding hydrogens is 573 g/mol. The van der Waals surface area contributed by atoms with Gasteiger partial charge in [0, 0.05) is 50.7 Å². The number of carbonyl (C=O) groups excluding carboxylic acids is 1. The molecular formula is C33H44FN9O2. The van der Waals surface area contributed by atoms with E-state index in [4.69, 9.17) is 10.5 Å². The van der Waals surface area contributed by atoms with Crippen molar-refractivity contribution in [3.63, 3.8) is 0 Å². The van der Waals surface area contributed by atoms with E-state index in [-0.39, 0.29) is 34.6 Å². The third kappa shape index (κ3) is 6.80. The number of anilines is 3. The van der Waals surface area contributed by atoms with Crippen LogP contribution < -0.4 is 20.3 Å². The van der Waals surface area contributed by atoms with Crippen molar-refractivity contribution in [2.45, 2.75) is 52.5 Å². The maximum Gasteiger partial charge on any atom is 0.282 e. The summed E-state index contributed by atoms with van der Waals surface area (Å²) in [7, 11) is 0. The van der Waals surface area contributed by atoms with Crippen molar-refractivity contribution in [3.05, 3.63) is 54.1 Å². The van der Waals surface area contributed by atoms with Crippen LogP contribution in [0.4, 0.5) is 21.8 Å². The van der Waals surface area contributed by atoms with Crippen LogP contribution in [0.1, 0.15) is 56.8 Å². The number of carbonyl (C=O) groups is 1. The molecule has 6 rings (SSSR count). The fourth-order valence-electron chi connectivity index (χ4n) is 7.07. The van der Waals surface area contributed by atoms with Gasteiger partial charge in [-0.15, -0.1) is 10.2 Å². The minimum atomic E-state index is -0.500. The average Bonchev–Trinajstić information content (AvgIpc) is 3.02. The van der Waals surface area contributed by atoms with E-state index in [1.807, 2.05) is 39.0 Å². The van der Waals surface area contributed by atoms with Crippen LogP contribution in [0.2, 0.25) is 0 Å². The number of hydrogen-bond donors (Lipinski definition) is 1. The average molecular weight is 618 g/mol. The Balaban J connectivity index is 1.03. The van der Waals surface area contributed by atoms with Crippen molar-refractivity contribution >= 4 is 23.4 Å². The Labute approximate surface area is 264 Å². The Morgan fingerprint density at radius 1 is 1.11 bits per heavy atom. The summed E-state index contributed by atoms with van der Waals surface area (Å²) in [5, 5.41) is 8.17. The van der Waals surface area contributed by atoms with Gasteiger partial charge in [-0.05, 0) is 95.8 Å². The summed E-state index contributed by atoms with van der Waals surface area (Å²) in [5.41, 5.74) is 6.29. The lowest BCUT2D eigenvalue weighted by Gasteiger charge is -2.54. The molecule has 1 spiro atoms. The van der Waals surface area contributed by atoms with E-state index in [1.165, 1.54) is 37.4 Å². The van der Waals surface area contributed by atoms with Gasteiger partial charge in [0.15, 0.2) is 5.82 Å². The Morgan fingerprint density at radius 3 is 2.56 bits per heavy atom. The lowest BCUT2D eigenvalue weighted by molar-refractivity contribution is 0.0640. The third-order valence-electron chi connectivity index (χ3n) is 9.65. The maximum absolute atomic E-state index is 14.3. The molecule has 0 aliphatic carbocycles. The lowest BCUT2D eigenvalue weighted by atomic mass is 9.72. The molecule has 12 heteroatoms. The molecule has 240 valence electrons. The van der Waals surface area contributed by atoms with Crippen molar-refractivity contribution in [3.8, 4) is 11.6 Å². The SMILES string of the molecule is CCN(C(=O)c1cc(F)ccc1Oc1nncnc1N1CC2(CCN(CC3CCN(c4cccc(N)n4)CC3)CC2)C1)C(C)C. The van der Waals surface area contributed by atoms with E-state index in [2.05, 4.69) is 34.9 Å². The maximum atomic E-state index is 14.3. The van der Waals surface area contributed by atoms with Crippen LogP contribution in [0.3, 0.4) is 0 Å². The molecule has 1 aromatic carbocycles. The summed E-state index contributed by atoms with van der Waals surface area (Å²) in [5.74, 6) is 2.52. The second-order valence-electron chi connectivity index (χ2n) is 13.0. The van der Waals surface area contributed by atoms with Gasteiger partial charge in [-0.1, -0.05) is 6.07 Å². The number of pyridine rings is 1. The van der Waals surface area contributed by atoms with E-state index >= 15 is 0 Å². The minimum Gasteiger partial charge on any atom is -0.434 e. The number of piperidine rings is 2. The molecule has 0 atom stereocenters.